The van der Waals surface area contributed by atoms with Gasteiger partial charge in [-0.1, -0.05) is 6.07 Å². The maximum Gasteiger partial charge on any atom is 0.243 e. The van der Waals surface area contributed by atoms with E-state index in [1.165, 1.54) is 29.6 Å². The first-order chi connectivity index (χ1) is 13.3. The second-order valence-corrected chi connectivity index (χ2v) is 8.77. The highest BCUT2D eigenvalue weighted by atomic mass is 32.2. The van der Waals surface area contributed by atoms with Crippen LogP contribution in [0.25, 0.3) is 0 Å². The molecular weight excluding hydrogens is 383 g/mol. The van der Waals surface area contributed by atoms with E-state index in [2.05, 4.69) is 5.32 Å². The van der Waals surface area contributed by atoms with Gasteiger partial charge in [-0.25, -0.2) is 12.8 Å². The lowest BCUT2D eigenvalue weighted by Gasteiger charge is -2.31. The molecule has 0 radical (unpaired) electrons. The third-order valence-corrected chi connectivity index (χ3v) is 6.77. The zero-order valence-corrected chi connectivity index (χ0v) is 16.6. The number of nitrogens with one attached hydrogen (secondary N) is 1. The minimum atomic E-state index is -3.70. The van der Waals surface area contributed by atoms with Crippen LogP contribution in [0.15, 0.2) is 47.4 Å². The second kappa shape index (κ2) is 8.28. The van der Waals surface area contributed by atoms with E-state index in [0.29, 0.717) is 36.4 Å². The first-order valence-electron chi connectivity index (χ1n) is 9.02. The maximum atomic E-state index is 13.7. The molecule has 1 heterocycles. The highest BCUT2D eigenvalue weighted by molar-refractivity contribution is 7.89. The number of methoxy groups -OCH3 is 1. The molecule has 1 amide bonds. The van der Waals surface area contributed by atoms with Crippen molar-refractivity contribution in [2.75, 3.05) is 25.5 Å². The fourth-order valence-electron chi connectivity index (χ4n) is 3.19. The van der Waals surface area contributed by atoms with Crippen molar-refractivity contribution in [3.8, 4) is 5.75 Å². The molecule has 3 rings (SSSR count). The van der Waals surface area contributed by atoms with E-state index < -0.39 is 21.8 Å². The smallest absolute Gasteiger partial charge is 0.243 e. The number of benzene rings is 2. The van der Waals surface area contributed by atoms with E-state index in [1.54, 1.807) is 31.2 Å². The Morgan fingerprint density at radius 2 is 1.93 bits per heavy atom. The molecule has 150 valence electrons. The van der Waals surface area contributed by atoms with E-state index in [-0.39, 0.29) is 17.3 Å². The first kappa shape index (κ1) is 20.3. The summed E-state index contributed by atoms with van der Waals surface area (Å²) in [4.78, 5) is 12.7. The molecule has 0 bridgehead atoms. The lowest BCUT2D eigenvalue weighted by molar-refractivity contribution is -0.120. The monoisotopic (exact) mass is 406 g/mol. The van der Waals surface area contributed by atoms with Gasteiger partial charge in [-0.05, 0) is 61.7 Å². The third kappa shape index (κ3) is 4.34. The molecule has 1 atom stereocenters. The van der Waals surface area contributed by atoms with Gasteiger partial charge in [-0.2, -0.15) is 4.31 Å². The van der Waals surface area contributed by atoms with Gasteiger partial charge in [0.05, 0.1) is 17.9 Å². The van der Waals surface area contributed by atoms with Crippen molar-refractivity contribution in [3.63, 3.8) is 0 Å². The average Bonchev–Trinajstić information content (AvgIpc) is 2.71. The van der Waals surface area contributed by atoms with Gasteiger partial charge in [-0.15, -0.1) is 0 Å². The van der Waals surface area contributed by atoms with Crippen LogP contribution in [0.4, 0.5) is 10.1 Å². The molecule has 1 unspecified atom stereocenters. The number of nitrogens with zero attached hydrogens (tertiary/aromatic N) is 1. The topological polar surface area (TPSA) is 75.7 Å². The van der Waals surface area contributed by atoms with Crippen LogP contribution in [-0.4, -0.2) is 38.8 Å². The van der Waals surface area contributed by atoms with E-state index >= 15 is 0 Å². The van der Waals surface area contributed by atoms with Crippen LogP contribution in [0.1, 0.15) is 18.4 Å². The Morgan fingerprint density at radius 3 is 2.57 bits per heavy atom. The number of amides is 1. The molecule has 6 nitrogen and oxygen atoms in total. The first-order valence-corrected chi connectivity index (χ1v) is 10.5. The van der Waals surface area contributed by atoms with Crippen LogP contribution < -0.4 is 10.1 Å². The normalized spacial score (nSPS) is 17.9. The maximum absolute atomic E-state index is 13.7. The largest absolute Gasteiger partial charge is 0.497 e. The molecule has 2 aromatic rings. The van der Waals surface area contributed by atoms with Crippen LogP contribution in [0.2, 0.25) is 0 Å². The van der Waals surface area contributed by atoms with E-state index in [0.717, 1.165) is 0 Å². The predicted octanol–water partition coefficient (Wildman–Crippen LogP) is 3.18. The number of rotatable bonds is 5. The fraction of sp³-hybridized carbons (Fsp3) is 0.350. The lowest BCUT2D eigenvalue weighted by Crippen LogP contribution is -2.43. The van der Waals surface area contributed by atoms with Crippen molar-refractivity contribution >= 4 is 21.6 Å². The molecule has 0 aromatic heterocycles. The number of anilines is 1. The van der Waals surface area contributed by atoms with Crippen molar-refractivity contribution in [3.05, 3.63) is 53.8 Å². The molecule has 28 heavy (non-hydrogen) atoms. The van der Waals surface area contributed by atoms with Gasteiger partial charge in [0.25, 0.3) is 0 Å². The molecule has 1 N–H and O–H groups in total. The van der Waals surface area contributed by atoms with Crippen LogP contribution in [0, 0.1) is 18.7 Å². The third-order valence-electron chi connectivity index (χ3n) is 4.89. The molecule has 8 heteroatoms. The van der Waals surface area contributed by atoms with Crippen molar-refractivity contribution in [1.82, 2.24) is 4.31 Å². The Kier molecular flexibility index (Phi) is 6.00. The van der Waals surface area contributed by atoms with Crippen molar-refractivity contribution < 1.29 is 22.3 Å². The van der Waals surface area contributed by atoms with Crippen LogP contribution in [0.5, 0.6) is 5.75 Å². The Hall–Kier alpha value is -2.45. The highest BCUT2D eigenvalue weighted by Gasteiger charge is 2.33. The average molecular weight is 406 g/mol. The highest BCUT2D eigenvalue weighted by Crippen LogP contribution is 2.26. The summed E-state index contributed by atoms with van der Waals surface area (Å²) >= 11 is 0. The summed E-state index contributed by atoms with van der Waals surface area (Å²) in [5, 5.41) is 2.69. The van der Waals surface area contributed by atoms with E-state index in [4.69, 9.17) is 4.74 Å². The van der Waals surface area contributed by atoms with Crippen LogP contribution in [-0.2, 0) is 14.8 Å². The van der Waals surface area contributed by atoms with E-state index in [1.807, 2.05) is 0 Å². The summed E-state index contributed by atoms with van der Waals surface area (Å²) in [6, 6.07) is 10.7. The summed E-state index contributed by atoms with van der Waals surface area (Å²) in [7, 11) is -2.19. The quantitative estimate of drug-likeness (QED) is 0.828. The number of hydrogen-bond acceptors (Lipinski definition) is 4. The van der Waals surface area contributed by atoms with Gasteiger partial charge in [0.1, 0.15) is 11.6 Å². The lowest BCUT2D eigenvalue weighted by atomic mass is 9.98. The summed E-state index contributed by atoms with van der Waals surface area (Å²) in [5.74, 6) is -0.630. The second-order valence-electron chi connectivity index (χ2n) is 6.83. The number of piperidine rings is 1. The Balaban J connectivity index is 1.71. The minimum Gasteiger partial charge on any atom is -0.497 e. The fourth-order valence-corrected chi connectivity index (χ4v) is 4.71. The zero-order valence-electron chi connectivity index (χ0n) is 15.8. The van der Waals surface area contributed by atoms with Gasteiger partial charge in [0.2, 0.25) is 15.9 Å². The van der Waals surface area contributed by atoms with Gasteiger partial charge in [0.15, 0.2) is 0 Å². The van der Waals surface area contributed by atoms with E-state index in [9.17, 15) is 17.6 Å². The molecule has 1 saturated heterocycles. The molecule has 1 fully saturated rings. The molecule has 1 aliphatic heterocycles. The predicted molar refractivity (Wildman–Crippen MR) is 104 cm³/mol. The molecular formula is C20H23FN2O4S. The van der Waals surface area contributed by atoms with Crippen LogP contribution >= 0.6 is 0 Å². The molecule has 1 aliphatic rings. The number of halogens is 1. The van der Waals surface area contributed by atoms with Gasteiger partial charge < -0.3 is 10.1 Å². The summed E-state index contributed by atoms with van der Waals surface area (Å²) in [6.07, 6.45) is 1.16. The van der Waals surface area contributed by atoms with Gasteiger partial charge >= 0.3 is 0 Å². The van der Waals surface area contributed by atoms with Gasteiger partial charge in [-0.3, -0.25) is 4.79 Å². The minimum absolute atomic E-state index is 0.0918. The number of ether oxygens (including phenoxy) is 1. The molecule has 0 saturated carbocycles. The van der Waals surface area contributed by atoms with Crippen molar-refractivity contribution in [2.24, 2.45) is 5.92 Å². The van der Waals surface area contributed by atoms with Crippen molar-refractivity contribution in [1.29, 1.82) is 0 Å². The number of carbonyl (C=O) groups excluding carboxylic acids is 1. The summed E-state index contributed by atoms with van der Waals surface area (Å²) in [5.41, 5.74) is 0.857. The molecule has 0 spiro atoms. The number of carbonyl (C=O) groups is 1. The van der Waals surface area contributed by atoms with Crippen LogP contribution in [0.3, 0.4) is 0 Å². The van der Waals surface area contributed by atoms with Gasteiger partial charge in [0, 0.05) is 18.8 Å². The summed E-state index contributed by atoms with van der Waals surface area (Å²) in [6.45, 7) is 2.09. The number of sulfonamides is 1. The Bertz CT molecular complexity index is 961. The molecule has 2 aromatic carbocycles. The number of aryl methyl sites for hydroxylation is 1. The summed E-state index contributed by atoms with van der Waals surface area (Å²) < 4.78 is 45.9. The Labute approximate surface area is 164 Å². The number of hydrogen-bond donors (Lipinski definition) is 1. The standard InChI is InChI=1S/C20H23FN2O4S/c1-14-5-6-16(12-19(14)21)22-20(24)15-4-3-11-23(13-15)28(25,26)18-9-7-17(27-2)8-10-18/h5-10,12,15H,3-4,11,13H2,1-2H3,(H,22,24). The van der Waals surface area contributed by atoms with Crippen molar-refractivity contribution in [2.45, 2.75) is 24.7 Å². The molecule has 0 aliphatic carbocycles. The zero-order chi connectivity index (χ0) is 20.3. The Morgan fingerprint density at radius 1 is 1.21 bits per heavy atom. The SMILES string of the molecule is COc1ccc(S(=O)(=O)N2CCCC(C(=O)Nc3ccc(C)c(F)c3)C2)cc1.